The molecule has 5 aliphatic rings. The number of allylic oxidation sites excluding steroid dienone is 5. The van der Waals surface area contributed by atoms with Gasteiger partial charge in [0.1, 0.15) is 5.60 Å². The summed E-state index contributed by atoms with van der Waals surface area (Å²) in [5.74, 6) is -2.92. The van der Waals surface area contributed by atoms with E-state index < -0.39 is 58.4 Å². The van der Waals surface area contributed by atoms with Crippen LogP contribution >= 0.6 is 0 Å². The van der Waals surface area contributed by atoms with E-state index in [0.717, 1.165) is 0 Å². The van der Waals surface area contributed by atoms with Crippen molar-refractivity contribution in [2.24, 2.45) is 28.6 Å². The van der Waals surface area contributed by atoms with Crippen molar-refractivity contribution in [2.75, 3.05) is 13.7 Å². The normalized spacial score (nSPS) is 44.4. The third kappa shape index (κ3) is 3.41. The van der Waals surface area contributed by atoms with Gasteiger partial charge in [0.2, 0.25) is 5.78 Å². The highest BCUT2D eigenvalue weighted by atomic mass is 19.1. The van der Waals surface area contributed by atoms with Crippen molar-refractivity contribution in [1.82, 2.24) is 4.90 Å². The lowest BCUT2D eigenvalue weighted by molar-refractivity contribution is -0.219. The van der Waals surface area contributed by atoms with E-state index in [1.54, 1.807) is 45.0 Å². The van der Waals surface area contributed by atoms with Gasteiger partial charge in [-0.15, -0.1) is 0 Å². The zero-order valence-corrected chi connectivity index (χ0v) is 21.9. The molecule has 200 valence electrons. The zero-order chi connectivity index (χ0) is 27.0. The van der Waals surface area contributed by atoms with Crippen molar-refractivity contribution >= 4 is 17.5 Å². The van der Waals surface area contributed by atoms with Crippen LogP contribution in [0.4, 0.5) is 4.39 Å². The number of rotatable bonds is 4. The van der Waals surface area contributed by atoms with Gasteiger partial charge in [-0.2, -0.15) is 0 Å². The van der Waals surface area contributed by atoms with Crippen LogP contribution in [0.15, 0.2) is 47.9 Å². The second kappa shape index (κ2) is 8.46. The van der Waals surface area contributed by atoms with Crippen molar-refractivity contribution in [2.45, 2.75) is 70.2 Å². The number of ketones is 2. The summed E-state index contributed by atoms with van der Waals surface area (Å²) in [6.07, 6.45) is 9.86. The number of alkyl halides is 1. The number of carbonyl (C=O) groups is 3. The number of hydrogen-bond donors (Lipinski definition) is 2. The van der Waals surface area contributed by atoms with Gasteiger partial charge >= 0.3 is 5.97 Å². The Morgan fingerprint density at radius 1 is 1.27 bits per heavy atom. The summed E-state index contributed by atoms with van der Waals surface area (Å²) in [5, 5.41) is 23.4. The maximum Gasteiger partial charge on any atom is 0.336 e. The first-order valence-corrected chi connectivity index (χ1v) is 13.1. The van der Waals surface area contributed by atoms with Gasteiger partial charge < -0.3 is 19.8 Å². The number of hydrogen-bond acceptors (Lipinski definition) is 7. The van der Waals surface area contributed by atoms with Crippen molar-refractivity contribution in [3.8, 4) is 0 Å². The Morgan fingerprint density at radius 3 is 2.70 bits per heavy atom. The largest absolute Gasteiger partial charge is 0.454 e. The average molecular weight is 514 g/mol. The second-order valence-electron chi connectivity index (χ2n) is 12.1. The highest BCUT2D eigenvalue weighted by Crippen LogP contribution is 2.70. The number of carbonyl (C=O) groups excluding carboxylic acids is 3. The number of Topliss-reactive ketones (excluding diaryl/α,β-unsaturated/α-hetero) is 1. The average Bonchev–Trinajstić information content (AvgIpc) is 3.05. The van der Waals surface area contributed by atoms with Crippen molar-refractivity contribution in [1.29, 1.82) is 0 Å². The van der Waals surface area contributed by atoms with Gasteiger partial charge in [-0.1, -0.05) is 31.6 Å². The Hall–Kier alpha value is -2.58. The second-order valence-corrected chi connectivity index (χ2v) is 12.1. The van der Waals surface area contributed by atoms with E-state index in [1.165, 1.54) is 12.2 Å². The fraction of sp³-hybridized carbons (Fsp3) is 0.621. The van der Waals surface area contributed by atoms with Crippen LogP contribution in [0.1, 0.15) is 52.9 Å². The smallest absolute Gasteiger partial charge is 0.336 e. The number of halogens is 1. The van der Waals surface area contributed by atoms with E-state index in [1.807, 2.05) is 12.3 Å². The predicted octanol–water partition coefficient (Wildman–Crippen LogP) is 3.18. The molecule has 0 amide bonds. The van der Waals surface area contributed by atoms with Crippen molar-refractivity contribution < 1.29 is 33.7 Å². The lowest BCUT2D eigenvalue weighted by Crippen LogP contribution is -2.69. The lowest BCUT2D eigenvalue weighted by Gasteiger charge is -2.62. The SMILES string of the molecule is C[C@@H]1C[C@H]2[C@@H]3CCC4=CC(=O)C=C[C@]4(C)C3(F)[C@@H](O)C[C@]2(C)[C@@]1(O)C(=O)COC(=O)C1=CN(C)C=CC1. The monoisotopic (exact) mass is 513 g/mol. The Balaban J connectivity index is 1.42. The summed E-state index contributed by atoms with van der Waals surface area (Å²) in [5.41, 5.74) is -5.07. The molecule has 3 fully saturated rings. The Bertz CT molecular complexity index is 1170. The molecule has 0 aromatic carbocycles. The number of esters is 1. The van der Waals surface area contributed by atoms with Gasteiger partial charge in [-0.25, -0.2) is 9.18 Å². The molecule has 1 aliphatic heterocycles. The van der Waals surface area contributed by atoms with Gasteiger partial charge in [0.15, 0.2) is 18.1 Å². The first-order valence-electron chi connectivity index (χ1n) is 13.1. The molecule has 7 nitrogen and oxygen atoms in total. The molecule has 8 atom stereocenters. The number of aliphatic hydroxyl groups excluding tert-OH is 1. The van der Waals surface area contributed by atoms with Crippen LogP contribution in [0.2, 0.25) is 0 Å². The Kier molecular flexibility index (Phi) is 5.96. The van der Waals surface area contributed by atoms with E-state index in [0.29, 0.717) is 36.8 Å². The van der Waals surface area contributed by atoms with E-state index in [2.05, 4.69) is 0 Å². The molecule has 0 bridgehead atoms. The molecule has 4 aliphatic carbocycles. The number of fused-ring (bicyclic) bond motifs is 5. The Labute approximate surface area is 216 Å². The molecule has 5 rings (SSSR count). The zero-order valence-electron chi connectivity index (χ0n) is 21.9. The van der Waals surface area contributed by atoms with Gasteiger partial charge in [0.05, 0.1) is 11.7 Å². The molecule has 0 aromatic rings. The molecule has 1 heterocycles. The van der Waals surface area contributed by atoms with E-state index in [9.17, 15) is 24.6 Å². The van der Waals surface area contributed by atoms with Crippen molar-refractivity contribution in [3.05, 3.63) is 47.9 Å². The topological polar surface area (TPSA) is 104 Å². The van der Waals surface area contributed by atoms with E-state index >= 15 is 4.39 Å². The third-order valence-corrected chi connectivity index (χ3v) is 10.3. The summed E-state index contributed by atoms with van der Waals surface area (Å²) in [4.78, 5) is 39.9. The summed E-state index contributed by atoms with van der Waals surface area (Å²) in [7, 11) is 1.78. The first kappa shape index (κ1) is 26.0. The highest BCUT2D eigenvalue weighted by molar-refractivity contribution is 6.01. The van der Waals surface area contributed by atoms with Gasteiger partial charge in [-0.3, -0.25) is 9.59 Å². The van der Waals surface area contributed by atoms with Crippen LogP contribution in [0.3, 0.4) is 0 Å². The predicted molar refractivity (Wildman–Crippen MR) is 133 cm³/mol. The summed E-state index contributed by atoms with van der Waals surface area (Å²) in [6, 6.07) is 0. The lowest BCUT2D eigenvalue weighted by atomic mass is 9.44. The maximum atomic E-state index is 17.2. The summed E-state index contributed by atoms with van der Waals surface area (Å²) in [6.45, 7) is 4.68. The molecule has 1 unspecified atom stereocenters. The summed E-state index contributed by atoms with van der Waals surface area (Å²) >= 11 is 0. The van der Waals surface area contributed by atoms with Gasteiger partial charge in [0, 0.05) is 36.4 Å². The molecule has 8 heteroatoms. The van der Waals surface area contributed by atoms with Crippen LogP contribution in [-0.2, 0) is 19.1 Å². The van der Waals surface area contributed by atoms with Gasteiger partial charge in [0.25, 0.3) is 0 Å². The van der Waals surface area contributed by atoms with Crippen LogP contribution in [0.5, 0.6) is 0 Å². The fourth-order valence-electron chi connectivity index (χ4n) is 8.30. The van der Waals surface area contributed by atoms with Gasteiger partial charge in [-0.05, 0) is 62.8 Å². The third-order valence-electron chi connectivity index (χ3n) is 10.3. The summed E-state index contributed by atoms with van der Waals surface area (Å²) < 4.78 is 22.6. The quantitative estimate of drug-likeness (QED) is 0.557. The minimum absolute atomic E-state index is 0.114. The van der Waals surface area contributed by atoms with E-state index in [4.69, 9.17) is 4.74 Å². The first-order chi connectivity index (χ1) is 17.3. The molecule has 37 heavy (non-hydrogen) atoms. The molecular weight excluding hydrogens is 477 g/mol. The van der Waals surface area contributed by atoms with Crippen LogP contribution in [-0.4, -0.2) is 63.7 Å². The molecule has 0 saturated heterocycles. The number of aliphatic hydroxyl groups is 2. The number of nitrogens with zero attached hydrogens (tertiary/aromatic N) is 1. The van der Waals surface area contributed by atoms with Crippen LogP contribution in [0, 0.1) is 28.6 Å². The maximum absolute atomic E-state index is 17.2. The van der Waals surface area contributed by atoms with E-state index in [-0.39, 0.29) is 18.1 Å². The van der Waals surface area contributed by atoms with Crippen LogP contribution in [0.25, 0.3) is 0 Å². The molecule has 0 aromatic heterocycles. The molecule has 2 N–H and O–H groups in total. The highest BCUT2D eigenvalue weighted by Gasteiger charge is 2.75. The molecule has 0 spiro atoms. The Morgan fingerprint density at radius 2 is 2.00 bits per heavy atom. The fourth-order valence-corrected chi connectivity index (χ4v) is 8.30. The van der Waals surface area contributed by atoms with Crippen LogP contribution < -0.4 is 0 Å². The molecular formula is C29H36FNO6. The molecule has 0 radical (unpaired) electrons. The van der Waals surface area contributed by atoms with Crippen molar-refractivity contribution in [3.63, 3.8) is 0 Å². The standard InChI is InChI=1S/C29H36FNO6/c1-17-12-22-21-8-7-19-13-20(32)9-10-26(19,2)28(21,30)23(33)14-27(22,3)29(17,36)24(34)16-37-25(35)18-6-5-11-31(4)15-18/h5,9-11,13,15,17,21-23,33,36H,6-8,12,14,16H2,1-4H3/t17-,21+,22+,23+,26+,27+,28?,29+/m1/s1. The minimum Gasteiger partial charge on any atom is -0.454 e. The minimum atomic E-state index is -2.04. The number of ether oxygens (including phenoxy) is 1. The molecule has 3 saturated carbocycles.